The SMILES string of the molecule is C/C(=C\c1ccccc1)[C@@H]1C(=O)N(c2c(C)cccc2C)CC(=O)N1c1ccc(Br)cc1. The fourth-order valence-electron chi connectivity index (χ4n) is 4.30. The number of carbonyl (C=O) groups is 2. The third kappa shape index (κ3) is 4.26. The summed E-state index contributed by atoms with van der Waals surface area (Å²) in [4.78, 5) is 30.7. The molecular weight excluding hydrogens is 464 g/mol. The Labute approximate surface area is 197 Å². The van der Waals surface area contributed by atoms with E-state index >= 15 is 0 Å². The molecule has 0 aliphatic carbocycles. The Hall–Kier alpha value is -3.18. The van der Waals surface area contributed by atoms with Crippen molar-refractivity contribution < 1.29 is 9.59 Å². The van der Waals surface area contributed by atoms with Gasteiger partial charge in [0.1, 0.15) is 12.6 Å². The van der Waals surface area contributed by atoms with E-state index in [1.54, 1.807) is 9.80 Å². The molecule has 0 radical (unpaired) electrons. The second-order valence-electron chi connectivity index (χ2n) is 8.11. The van der Waals surface area contributed by atoms with Crippen molar-refractivity contribution in [2.24, 2.45) is 0 Å². The van der Waals surface area contributed by atoms with Gasteiger partial charge in [-0.1, -0.05) is 70.5 Å². The molecule has 3 aromatic carbocycles. The average molecular weight is 489 g/mol. The first-order valence-electron chi connectivity index (χ1n) is 10.6. The lowest BCUT2D eigenvalue weighted by molar-refractivity contribution is -0.127. The molecule has 0 N–H and O–H groups in total. The summed E-state index contributed by atoms with van der Waals surface area (Å²) in [6, 6.07) is 22.6. The van der Waals surface area contributed by atoms with E-state index in [2.05, 4.69) is 15.9 Å². The van der Waals surface area contributed by atoms with Crippen LogP contribution in [0.25, 0.3) is 6.08 Å². The maximum absolute atomic E-state index is 13.9. The maximum atomic E-state index is 13.9. The third-order valence-corrected chi connectivity index (χ3v) is 6.29. The summed E-state index contributed by atoms with van der Waals surface area (Å²) >= 11 is 3.45. The molecule has 162 valence electrons. The first-order valence-corrected chi connectivity index (χ1v) is 11.3. The van der Waals surface area contributed by atoms with Crippen LogP contribution >= 0.6 is 15.9 Å². The summed E-state index contributed by atoms with van der Waals surface area (Å²) in [5, 5.41) is 0. The summed E-state index contributed by atoms with van der Waals surface area (Å²) in [5.41, 5.74) is 5.29. The zero-order valence-electron chi connectivity index (χ0n) is 18.4. The second-order valence-corrected chi connectivity index (χ2v) is 9.02. The van der Waals surface area contributed by atoms with E-state index in [-0.39, 0.29) is 18.4 Å². The maximum Gasteiger partial charge on any atom is 0.254 e. The average Bonchev–Trinajstić information content (AvgIpc) is 2.77. The molecule has 0 spiro atoms. The van der Waals surface area contributed by atoms with Crippen molar-refractivity contribution in [1.29, 1.82) is 0 Å². The minimum absolute atomic E-state index is 0.00963. The van der Waals surface area contributed by atoms with Crippen LogP contribution < -0.4 is 9.80 Å². The molecule has 32 heavy (non-hydrogen) atoms. The second kappa shape index (κ2) is 9.13. The largest absolute Gasteiger partial charge is 0.300 e. The van der Waals surface area contributed by atoms with Gasteiger partial charge in [0, 0.05) is 10.2 Å². The molecule has 1 atom stereocenters. The van der Waals surface area contributed by atoms with Crippen LogP contribution in [0.15, 0.2) is 82.8 Å². The van der Waals surface area contributed by atoms with Crippen LogP contribution in [0.2, 0.25) is 0 Å². The molecule has 0 bridgehead atoms. The minimum atomic E-state index is -0.725. The number of para-hydroxylation sites is 1. The minimum Gasteiger partial charge on any atom is -0.300 e. The number of nitrogens with zero attached hydrogens (tertiary/aromatic N) is 2. The molecule has 1 aliphatic heterocycles. The van der Waals surface area contributed by atoms with E-state index in [9.17, 15) is 9.59 Å². The lowest BCUT2D eigenvalue weighted by Crippen LogP contribution is -2.61. The Morgan fingerprint density at radius 1 is 0.906 bits per heavy atom. The molecule has 0 aromatic heterocycles. The lowest BCUT2D eigenvalue weighted by atomic mass is 9.97. The summed E-state index contributed by atoms with van der Waals surface area (Å²) in [7, 11) is 0. The van der Waals surface area contributed by atoms with Gasteiger partial charge >= 0.3 is 0 Å². The van der Waals surface area contributed by atoms with Crippen LogP contribution in [0.5, 0.6) is 0 Å². The molecule has 1 saturated heterocycles. The highest BCUT2D eigenvalue weighted by atomic mass is 79.9. The Morgan fingerprint density at radius 3 is 2.16 bits per heavy atom. The smallest absolute Gasteiger partial charge is 0.254 e. The van der Waals surface area contributed by atoms with E-state index in [0.29, 0.717) is 5.69 Å². The summed E-state index contributed by atoms with van der Waals surface area (Å²) < 4.78 is 0.919. The van der Waals surface area contributed by atoms with Gasteiger partial charge in [0.15, 0.2) is 0 Å². The molecule has 2 amide bonds. The van der Waals surface area contributed by atoms with Gasteiger partial charge in [0.05, 0.1) is 5.69 Å². The summed E-state index contributed by atoms with van der Waals surface area (Å²) in [6.45, 7) is 5.88. The summed E-state index contributed by atoms with van der Waals surface area (Å²) in [5.74, 6) is -0.213. The Kier molecular flexibility index (Phi) is 6.28. The molecule has 1 heterocycles. The fourth-order valence-corrected chi connectivity index (χ4v) is 4.56. The van der Waals surface area contributed by atoms with Gasteiger partial charge in [-0.2, -0.15) is 0 Å². The van der Waals surface area contributed by atoms with Crippen LogP contribution in [0.3, 0.4) is 0 Å². The molecular formula is C27H25BrN2O2. The fraction of sp³-hybridized carbons (Fsp3) is 0.185. The molecule has 0 unspecified atom stereocenters. The first-order chi connectivity index (χ1) is 15.4. The molecule has 3 aromatic rings. The number of amides is 2. The third-order valence-electron chi connectivity index (χ3n) is 5.76. The number of anilines is 2. The Bertz CT molecular complexity index is 1170. The molecule has 4 nitrogen and oxygen atoms in total. The van der Waals surface area contributed by atoms with Crippen molar-refractivity contribution in [1.82, 2.24) is 0 Å². The van der Waals surface area contributed by atoms with Gasteiger partial charge in [0.25, 0.3) is 5.91 Å². The van der Waals surface area contributed by atoms with Crippen molar-refractivity contribution in [2.75, 3.05) is 16.3 Å². The van der Waals surface area contributed by atoms with Gasteiger partial charge in [-0.3, -0.25) is 14.5 Å². The Morgan fingerprint density at radius 2 is 1.53 bits per heavy atom. The van der Waals surface area contributed by atoms with E-state index in [1.165, 1.54) is 0 Å². The highest BCUT2D eigenvalue weighted by Crippen LogP contribution is 2.33. The number of hydrogen-bond donors (Lipinski definition) is 0. The number of carbonyl (C=O) groups excluding carboxylic acids is 2. The standard InChI is InChI=1S/C27H25BrN2O2/c1-18-8-7-9-19(2)25(18)29-17-24(31)30(23-14-12-22(28)13-15-23)26(27(29)32)20(3)16-21-10-5-4-6-11-21/h4-16,26H,17H2,1-3H3/b20-16+/t26-/m1/s1. The predicted molar refractivity (Wildman–Crippen MR) is 134 cm³/mol. The molecule has 5 heteroatoms. The van der Waals surface area contributed by atoms with Gasteiger partial charge < -0.3 is 4.90 Å². The quantitative estimate of drug-likeness (QED) is 0.457. The lowest BCUT2D eigenvalue weighted by Gasteiger charge is -2.41. The number of hydrogen-bond acceptors (Lipinski definition) is 2. The number of piperazine rings is 1. The van der Waals surface area contributed by atoms with Crippen LogP contribution in [0.1, 0.15) is 23.6 Å². The summed E-state index contributed by atoms with van der Waals surface area (Å²) in [6.07, 6.45) is 1.98. The van der Waals surface area contributed by atoms with Crippen molar-refractivity contribution in [3.63, 3.8) is 0 Å². The van der Waals surface area contributed by atoms with Gasteiger partial charge in [-0.15, -0.1) is 0 Å². The van der Waals surface area contributed by atoms with Crippen molar-refractivity contribution in [3.8, 4) is 0 Å². The van der Waals surface area contributed by atoms with Crippen molar-refractivity contribution in [2.45, 2.75) is 26.8 Å². The van der Waals surface area contributed by atoms with Gasteiger partial charge in [-0.25, -0.2) is 0 Å². The zero-order valence-corrected chi connectivity index (χ0v) is 20.0. The topological polar surface area (TPSA) is 40.6 Å². The molecule has 1 fully saturated rings. The number of rotatable bonds is 4. The van der Waals surface area contributed by atoms with Gasteiger partial charge in [-0.05, 0) is 67.3 Å². The molecule has 4 rings (SSSR count). The molecule has 1 aliphatic rings. The Balaban J connectivity index is 1.83. The predicted octanol–water partition coefficient (Wildman–Crippen LogP) is 5.92. The monoisotopic (exact) mass is 488 g/mol. The normalized spacial score (nSPS) is 17.1. The highest BCUT2D eigenvalue weighted by molar-refractivity contribution is 9.10. The van der Waals surface area contributed by atoms with Gasteiger partial charge in [0.2, 0.25) is 5.91 Å². The van der Waals surface area contributed by atoms with E-state index in [0.717, 1.165) is 32.4 Å². The van der Waals surface area contributed by atoms with Crippen LogP contribution in [0.4, 0.5) is 11.4 Å². The van der Waals surface area contributed by atoms with Crippen molar-refractivity contribution in [3.05, 3.63) is 99.5 Å². The highest BCUT2D eigenvalue weighted by Gasteiger charge is 2.42. The van der Waals surface area contributed by atoms with Crippen LogP contribution in [-0.2, 0) is 9.59 Å². The number of aryl methyl sites for hydroxylation is 2. The number of halogens is 1. The molecule has 0 saturated carbocycles. The zero-order chi connectivity index (χ0) is 22.8. The van der Waals surface area contributed by atoms with E-state index < -0.39 is 6.04 Å². The first kappa shape index (κ1) is 22.0. The number of benzene rings is 3. The van der Waals surface area contributed by atoms with Crippen LogP contribution in [0, 0.1) is 13.8 Å². The van der Waals surface area contributed by atoms with Crippen LogP contribution in [-0.4, -0.2) is 24.4 Å². The van der Waals surface area contributed by atoms with Crippen molar-refractivity contribution >= 4 is 45.2 Å². The van der Waals surface area contributed by atoms with E-state index in [1.807, 2.05) is 99.6 Å². The van der Waals surface area contributed by atoms with E-state index in [4.69, 9.17) is 0 Å².